The van der Waals surface area contributed by atoms with E-state index in [0.717, 1.165) is 6.29 Å². The van der Waals surface area contributed by atoms with Gasteiger partial charge < -0.3 is 19.0 Å². The Morgan fingerprint density at radius 3 is 2.65 bits per heavy atom. The first-order valence-electron chi connectivity index (χ1n) is 5.83. The smallest absolute Gasteiger partial charge is 0.308 e. The van der Waals surface area contributed by atoms with E-state index >= 15 is 0 Å². The van der Waals surface area contributed by atoms with Crippen LogP contribution < -0.4 is 0 Å². The van der Waals surface area contributed by atoms with E-state index in [4.69, 9.17) is 14.2 Å². The molecule has 1 heterocycles. The zero-order valence-corrected chi connectivity index (χ0v) is 10.8. The molecule has 0 N–H and O–H groups in total. The molecule has 5 heteroatoms. The third-order valence-corrected chi connectivity index (χ3v) is 2.29. The Morgan fingerprint density at radius 1 is 1.47 bits per heavy atom. The summed E-state index contributed by atoms with van der Waals surface area (Å²) in [5.74, 6) is -1.15. The van der Waals surface area contributed by atoms with Gasteiger partial charge in [0.05, 0.1) is 18.6 Å². The van der Waals surface area contributed by atoms with Crippen molar-refractivity contribution < 1.29 is 23.8 Å². The van der Waals surface area contributed by atoms with E-state index in [1.54, 1.807) is 27.7 Å². The zero-order valence-electron chi connectivity index (χ0n) is 10.8. The largest absolute Gasteiger partial charge is 0.463 e. The molecule has 17 heavy (non-hydrogen) atoms. The van der Waals surface area contributed by atoms with Gasteiger partial charge in [-0.2, -0.15) is 0 Å². The fraction of sp³-hybridized carbons (Fsp3) is 0.833. The predicted molar refractivity (Wildman–Crippen MR) is 60.4 cm³/mol. The lowest BCUT2D eigenvalue weighted by Crippen LogP contribution is -2.46. The molecule has 0 aliphatic carbocycles. The van der Waals surface area contributed by atoms with Gasteiger partial charge in [-0.25, -0.2) is 0 Å². The van der Waals surface area contributed by atoms with Gasteiger partial charge in [0.2, 0.25) is 0 Å². The van der Waals surface area contributed by atoms with Crippen LogP contribution in [-0.2, 0) is 23.8 Å². The number of carbonyl (C=O) groups is 2. The number of hydrogen-bond donors (Lipinski definition) is 0. The molecule has 1 rings (SSSR count). The molecule has 0 radical (unpaired) electrons. The normalized spacial score (nSPS) is 27.8. The summed E-state index contributed by atoms with van der Waals surface area (Å²) in [6.07, 6.45) is 0.286. The van der Waals surface area contributed by atoms with Crippen molar-refractivity contribution in [2.24, 2.45) is 0 Å². The highest BCUT2D eigenvalue weighted by Gasteiger charge is 2.36. The second kappa shape index (κ2) is 5.60. The fourth-order valence-electron chi connectivity index (χ4n) is 1.85. The summed E-state index contributed by atoms with van der Waals surface area (Å²) in [6, 6.07) is 0. The van der Waals surface area contributed by atoms with Crippen molar-refractivity contribution in [1.82, 2.24) is 0 Å². The van der Waals surface area contributed by atoms with E-state index in [0.29, 0.717) is 6.42 Å². The van der Waals surface area contributed by atoms with Crippen molar-refractivity contribution in [1.29, 1.82) is 0 Å². The molecule has 1 fully saturated rings. The van der Waals surface area contributed by atoms with Crippen LogP contribution in [0, 0.1) is 0 Å². The molecule has 0 bridgehead atoms. The van der Waals surface area contributed by atoms with Crippen molar-refractivity contribution in [2.45, 2.75) is 64.6 Å². The van der Waals surface area contributed by atoms with Crippen molar-refractivity contribution in [3.63, 3.8) is 0 Å². The number of esters is 1. The topological polar surface area (TPSA) is 61.8 Å². The minimum absolute atomic E-state index is 0.141. The first-order valence-corrected chi connectivity index (χ1v) is 5.83. The summed E-state index contributed by atoms with van der Waals surface area (Å²) in [5.41, 5.74) is 0. The summed E-state index contributed by atoms with van der Waals surface area (Å²) in [4.78, 5) is 22.3. The third-order valence-electron chi connectivity index (χ3n) is 2.29. The standard InChI is InChI=1S/C12H20O5/c1-8(2)15-11(14)6-9-5-10(7-13)17-12(3,4)16-9/h7-10H,5-6H2,1-4H3/t9-,10+/m1/s1. The molecule has 1 saturated heterocycles. The second-order valence-electron chi connectivity index (χ2n) is 4.91. The molecule has 0 aromatic rings. The van der Waals surface area contributed by atoms with Gasteiger partial charge in [-0.3, -0.25) is 4.79 Å². The van der Waals surface area contributed by atoms with Crippen molar-refractivity contribution >= 4 is 12.3 Å². The van der Waals surface area contributed by atoms with E-state index in [-0.39, 0.29) is 24.6 Å². The van der Waals surface area contributed by atoms with E-state index in [2.05, 4.69) is 0 Å². The maximum Gasteiger partial charge on any atom is 0.308 e. The maximum absolute atomic E-state index is 11.5. The van der Waals surface area contributed by atoms with Gasteiger partial charge in [-0.15, -0.1) is 0 Å². The Hall–Kier alpha value is -0.940. The first kappa shape index (κ1) is 14.1. The van der Waals surface area contributed by atoms with Crippen LogP contribution in [0.3, 0.4) is 0 Å². The molecule has 98 valence electrons. The van der Waals surface area contributed by atoms with Gasteiger partial charge in [0.25, 0.3) is 0 Å². The zero-order chi connectivity index (χ0) is 13.1. The van der Waals surface area contributed by atoms with E-state index in [1.807, 2.05) is 0 Å². The molecule has 0 saturated carbocycles. The SMILES string of the molecule is CC(C)OC(=O)C[C@H]1C[C@@H](C=O)OC(C)(C)O1. The van der Waals surface area contributed by atoms with Crippen LogP contribution in [0.15, 0.2) is 0 Å². The molecule has 0 amide bonds. The van der Waals surface area contributed by atoms with Crippen LogP contribution >= 0.6 is 0 Å². The van der Waals surface area contributed by atoms with Gasteiger partial charge in [-0.1, -0.05) is 0 Å². The molecule has 1 aliphatic heterocycles. The molecular formula is C12H20O5. The average molecular weight is 244 g/mol. The van der Waals surface area contributed by atoms with Gasteiger partial charge in [0, 0.05) is 6.42 Å². The Balaban J connectivity index is 2.52. The van der Waals surface area contributed by atoms with Crippen LogP contribution in [0.2, 0.25) is 0 Å². The highest BCUT2D eigenvalue weighted by Crippen LogP contribution is 2.27. The molecule has 5 nitrogen and oxygen atoms in total. The monoisotopic (exact) mass is 244 g/mol. The molecule has 0 spiro atoms. The highest BCUT2D eigenvalue weighted by atomic mass is 16.7. The maximum atomic E-state index is 11.5. The lowest BCUT2D eigenvalue weighted by Gasteiger charge is -2.38. The highest BCUT2D eigenvalue weighted by molar-refractivity contribution is 5.70. The van der Waals surface area contributed by atoms with E-state index in [1.165, 1.54) is 0 Å². The quantitative estimate of drug-likeness (QED) is 0.553. The minimum atomic E-state index is -0.841. The lowest BCUT2D eigenvalue weighted by molar-refractivity contribution is -0.291. The fourth-order valence-corrected chi connectivity index (χ4v) is 1.85. The molecule has 1 aliphatic rings. The predicted octanol–water partition coefficient (Wildman–Crippen LogP) is 1.44. The third kappa shape index (κ3) is 4.83. The second-order valence-corrected chi connectivity index (χ2v) is 4.91. The number of rotatable bonds is 4. The lowest BCUT2D eigenvalue weighted by atomic mass is 10.1. The van der Waals surface area contributed by atoms with E-state index < -0.39 is 11.9 Å². The van der Waals surface area contributed by atoms with Crippen LogP contribution in [0.5, 0.6) is 0 Å². The molecule has 0 unspecified atom stereocenters. The Kier molecular flexibility index (Phi) is 4.65. The average Bonchev–Trinajstić information content (AvgIpc) is 2.13. The molecular weight excluding hydrogens is 224 g/mol. The van der Waals surface area contributed by atoms with Crippen LogP contribution in [0.25, 0.3) is 0 Å². The number of ether oxygens (including phenoxy) is 3. The Bertz CT molecular complexity index is 285. The Labute approximate surface area is 101 Å². The number of hydrogen-bond acceptors (Lipinski definition) is 5. The summed E-state index contributed by atoms with van der Waals surface area (Å²) >= 11 is 0. The van der Waals surface area contributed by atoms with Gasteiger partial charge in [-0.05, 0) is 27.7 Å². The minimum Gasteiger partial charge on any atom is -0.463 e. The van der Waals surface area contributed by atoms with E-state index in [9.17, 15) is 9.59 Å². The van der Waals surface area contributed by atoms with Crippen LogP contribution in [-0.4, -0.2) is 36.4 Å². The summed E-state index contributed by atoms with van der Waals surface area (Å²) in [5, 5.41) is 0. The van der Waals surface area contributed by atoms with Crippen molar-refractivity contribution in [3.05, 3.63) is 0 Å². The van der Waals surface area contributed by atoms with Crippen molar-refractivity contribution in [2.75, 3.05) is 0 Å². The summed E-state index contributed by atoms with van der Waals surface area (Å²) < 4.78 is 16.0. The first-order chi connectivity index (χ1) is 7.82. The number of aldehydes is 1. The summed E-state index contributed by atoms with van der Waals surface area (Å²) in [6.45, 7) is 7.04. The van der Waals surface area contributed by atoms with Crippen molar-refractivity contribution in [3.8, 4) is 0 Å². The Morgan fingerprint density at radius 2 is 2.12 bits per heavy atom. The summed E-state index contributed by atoms with van der Waals surface area (Å²) in [7, 11) is 0. The molecule has 0 aromatic heterocycles. The molecule has 2 atom stereocenters. The molecule has 0 aromatic carbocycles. The van der Waals surface area contributed by atoms with Gasteiger partial charge in [0.15, 0.2) is 5.79 Å². The number of carbonyl (C=O) groups excluding carboxylic acids is 2. The van der Waals surface area contributed by atoms with Gasteiger partial charge >= 0.3 is 5.97 Å². The van der Waals surface area contributed by atoms with Crippen LogP contribution in [0.1, 0.15) is 40.5 Å². The van der Waals surface area contributed by atoms with Crippen LogP contribution in [0.4, 0.5) is 0 Å². The van der Waals surface area contributed by atoms with Gasteiger partial charge in [0.1, 0.15) is 12.4 Å².